The second-order valence-electron chi connectivity index (χ2n) is 6.53. The van der Waals surface area contributed by atoms with Crippen LogP contribution in [-0.4, -0.2) is 29.8 Å². The number of carbonyl (C=O) groups excluding carboxylic acids is 2. The van der Waals surface area contributed by atoms with Gasteiger partial charge in [-0.15, -0.1) is 0 Å². The van der Waals surface area contributed by atoms with Crippen molar-refractivity contribution in [3.63, 3.8) is 0 Å². The molecule has 0 unspecified atom stereocenters. The van der Waals surface area contributed by atoms with E-state index in [-0.39, 0.29) is 11.5 Å². The van der Waals surface area contributed by atoms with Gasteiger partial charge in [-0.3, -0.25) is 9.59 Å². The van der Waals surface area contributed by atoms with Crippen molar-refractivity contribution >= 4 is 17.5 Å². The van der Waals surface area contributed by atoms with Crippen LogP contribution in [0.25, 0.3) is 0 Å². The number of halogens is 3. The molecule has 1 N–H and O–H groups in total. The number of likely N-dealkylation sites (tertiary alicyclic amines) is 1. The summed E-state index contributed by atoms with van der Waals surface area (Å²) < 4.78 is 38.0. The van der Waals surface area contributed by atoms with Crippen molar-refractivity contribution in [3.05, 3.63) is 64.7 Å². The van der Waals surface area contributed by atoms with Crippen molar-refractivity contribution in [2.45, 2.75) is 25.9 Å². The largest absolute Gasteiger partial charge is 0.416 e. The normalized spacial score (nSPS) is 14.3. The van der Waals surface area contributed by atoms with E-state index in [2.05, 4.69) is 5.32 Å². The van der Waals surface area contributed by atoms with Gasteiger partial charge in [-0.05, 0) is 55.7 Å². The van der Waals surface area contributed by atoms with E-state index in [9.17, 15) is 22.8 Å². The Labute approximate surface area is 155 Å². The van der Waals surface area contributed by atoms with E-state index in [4.69, 9.17) is 0 Å². The molecular formula is C20H19F3N2O2. The molecule has 0 aromatic heterocycles. The predicted octanol–water partition coefficient (Wildman–Crippen LogP) is 4.50. The fourth-order valence-corrected chi connectivity index (χ4v) is 3.10. The smallest absolute Gasteiger partial charge is 0.339 e. The number of carbonyl (C=O) groups is 2. The molecule has 27 heavy (non-hydrogen) atoms. The maximum Gasteiger partial charge on any atom is 0.416 e. The number of anilines is 1. The van der Waals surface area contributed by atoms with Gasteiger partial charge >= 0.3 is 6.18 Å². The number of hydrogen-bond donors (Lipinski definition) is 1. The molecule has 1 fully saturated rings. The van der Waals surface area contributed by atoms with Crippen molar-refractivity contribution in [2.24, 2.45) is 0 Å². The van der Waals surface area contributed by atoms with Gasteiger partial charge in [0.2, 0.25) is 0 Å². The Balaban J connectivity index is 1.84. The maximum absolute atomic E-state index is 12.7. The molecule has 1 aliphatic rings. The summed E-state index contributed by atoms with van der Waals surface area (Å²) in [6.07, 6.45) is -2.56. The number of aryl methyl sites for hydroxylation is 1. The molecule has 142 valence electrons. The van der Waals surface area contributed by atoms with Crippen LogP contribution in [0.4, 0.5) is 18.9 Å². The minimum atomic E-state index is -4.46. The summed E-state index contributed by atoms with van der Waals surface area (Å²) in [4.78, 5) is 27.0. The van der Waals surface area contributed by atoms with Gasteiger partial charge in [-0.25, -0.2) is 0 Å². The summed E-state index contributed by atoms with van der Waals surface area (Å²) >= 11 is 0. The Morgan fingerprint density at radius 2 is 1.63 bits per heavy atom. The van der Waals surface area contributed by atoms with Gasteiger partial charge in [0.1, 0.15) is 0 Å². The first kappa shape index (κ1) is 18.9. The van der Waals surface area contributed by atoms with Crippen LogP contribution in [0.1, 0.15) is 44.7 Å². The molecule has 1 heterocycles. The number of alkyl halides is 3. The van der Waals surface area contributed by atoms with Gasteiger partial charge in [-0.2, -0.15) is 13.2 Å². The third-order valence-electron chi connectivity index (χ3n) is 4.61. The van der Waals surface area contributed by atoms with Gasteiger partial charge in [0.15, 0.2) is 0 Å². The summed E-state index contributed by atoms with van der Waals surface area (Å²) in [6.45, 7) is 3.13. The lowest BCUT2D eigenvalue weighted by Gasteiger charge is -2.19. The van der Waals surface area contributed by atoms with Crippen molar-refractivity contribution in [3.8, 4) is 0 Å². The number of hydrogen-bond acceptors (Lipinski definition) is 2. The molecule has 2 amide bonds. The van der Waals surface area contributed by atoms with E-state index < -0.39 is 17.6 Å². The lowest BCUT2D eigenvalue weighted by Crippen LogP contribution is -2.29. The highest BCUT2D eigenvalue weighted by atomic mass is 19.4. The highest BCUT2D eigenvalue weighted by Crippen LogP contribution is 2.29. The third-order valence-corrected chi connectivity index (χ3v) is 4.61. The zero-order chi connectivity index (χ0) is 19.6. The summed E-state index contributed by atoms with van der Waals surface area (Å²) in [7, 11) is 0. The van der Waals surface area contributed by atoms with Crippen LogP contribution in [-0.2, 0) is 6.18 Å². The maximum atomic E-state index is 12.7. The van der Waals surface area contributed by atoms with E-state index in [0.29, 0.717) is 29.9 Å². The number of para-hydroxylation sites is 1. The number of rotatable bonds is 3. The zero-order valence-corrected chi connectivity index (χ0v) is 14.8. The first-order valence-corrected chi connectivity index (χ1v) is 8.65. The van der Waals surface area contributed by atoms with Gasteiger partial charge in [0, 0.05) is 18.7 Å². The number of benzene rings is 2. The summed E-state index contributed by atoms with van der Waals surface area (Å²) in [5.41, 5.74) is 0.752. The average molecular weight is 376 g/mol. The predicted molar refractivity (Wildman–Crippen MR) is 95.7 cm³/mol. The van der Waals surface area contributed by atoms with Crippen molar-refractivity contribution < 1.29 is 22.8 Å². The molecule has 0 atom stereocenters. The highest BCUT2D eigenvalue weighted by Gasteiger charge is 2.30. The Kier molecular flexibility index (Phi) is 5.21. The molecule has 1 saturated heterocycles. The van der Waals surface area contributed by atoms with Gasteiger partial charge < -0.3 is 10.2 Å². The molecule has 3 rings (SSSR count). The minimum absolute atomic E-state index is 0.0887. The third kappa shape index (κ3) is 4.13. The van der Waals surface area contributed by atoms with E-state index in [1.54, 1.807) is 30.0 Å². The van der Waals surface area contributed by atoms with Crippen LogP contribution in [0.15, 0.2) is 42.5 Å². The second-order valence-corrected chi connectivity index (χ2v) is 6.53. The number of nitrogens with one attached hydrogen (secondary N) is 1. The molecule has 2 aromatic rings. The number of nitrogens with zero attached hydrogens (tertiary/aromatic N) is 1. The fraction of sp³-hybridized carbons (Fsp3) is 0.300. The first-order valence-electron chi connectivity index (χ1n) is 8.65. The SMILES string of the molecule is Cc1cccc(C(=O)N2CCCC2)c1NC(=O)c1ccc(C(F)(F)F)cc1. The van der Waals surface area contributed by atoms with Crippen LogP contribution in [0, 0.1) is 6.92 Å². The monoisotopic (exact) mass is 376 g/mol. The Hall–Kier alpha value is -2.83. The summed E-state index contributed by atoms with van der Waals surface area (Å²) in [6, 6.07) is 9.13. The summed E-state index contributed by atoms with van der Waals surface area (Å²) in [5, 5.41) is 2.69. The van der Waals surface area contributed by atoms with Crippen molar-refractivity contribution in [2.75, 3.05) is 18.4 Å². The highest BCUT2D eigenvalue weighted by molar-refractivity contribution is 6.09. The minimum Gasteiger partial charge on any atom is -0.339 e. The van der Waals surface area contributed by atoms with E-state index in [0.717, 1.165) is 37.1 Å². The lowest BCUT2D eigenvalue weighted by atomic mass is 10.1. The zero-order valence-electron chi connectivity index (χ0n) is 14.8. The molecule has 2 aromatic carbocycles. The molecule has 0 bridgehead atoms. The Morgan fingerprint density at radius 3 is 2.22 bits per heavy atom. The molecular weight excluding hydrogens is 357 g/mol. The standard InChI is InChI=1S/C20H19F3N2O2/c1-13-5-4-6-16(19(27)25-11-2-3-12-25)17(13)24-18(26)14-7-9-15(10-8-14)20(21,22)23/h4-10H,2-3,11-12H2,1H3,(H,24,26). The van der Waals surface area contributed by atoms with E-state index in [1.165, 1.54) is 0 Å². The molecule has 0 saturated carbocycles. The van der Waals surface area contributed by atoms with E-state index >= 15 is 0 Å². The van der Waals surface area contributed by atoms with Crippen molar-refractivity contribution in [1.82, 2.24) is 4.90 Å². The molecule has 4 nitrogen and oxygen atoms in total. The van der Waals surface area contributed by atoms with Crippen LogP contribution in [0.3, 0.4) is 0 Å². The van der Waals surface area contributed by atoms with Gasteiger partial charge in [0.25, 0.3) is 11.8 Å². The second kappa shape index (κ2) is 7.42. The van der Waals surface area contributed by atoms with Crippen LogP contribution in [0.5, 0.6) is 0 Å². The average Bonchev–Trinajstić information content (AvgIpc) is 3.17. The molecule has 0 aliphatic carbocycles. The van der Waals surface area contributed by atoms with E-state index in [1.807, 2.05) is 0 Å². The molecule has 1 aliphatic heterocycles. The quantitative estimate of drug-likeness (QED) is 0.857. The summed E-state index contributed by atoms with van der Waals surface area (Å²) in [5.74, 6) is -0.715. The molecule has 7 heteroatoms. The Bertz CT molecular complexity index is 855. The number of amides is 2. The van der Waals surface area contributed by atoms with Crippen LogP contribution < -0.4 is 5.32 Å². The molecule has 0 spiro atoms. The van der Waals surface area contributed by atoms with Gasteiger partial charge in [0.05, 0.1) is 16.8 Å². The topological polar surface area (TPSA) is 49.4 Å². The van der Waals surface area contributed by atoms with Gasteiger partial charge in [-0.1, -0.05) is 12.1 Å². The fourth-order valence-electron chi connectivity index (χ4n) is 3.10. The van der Waals surface area contributed by atoms with Crippen LogP contribution in [0.2, 0.25) is 0 Å². The molecule has 0 radical (unpaired) electrons. The van der Waals surface area contributed by atoms with Crippen LogP contribution >= 0.6 is 0 Å². The first-order chi connectivity index (χ1) is 12.8. The Morgan fingerprint density at radius 1 is 1.00 bits per heavy atom. The van der Waals surface area contributed by atoms with Crippen molar-refractivity contribution in [1.29, 1.82) is 0 Å². The lowest BCUT2D eigenvalue weighted by molar-refractivity contribution is -0.137.